The first-order chi connectivity index (χ1) is 5.67. The molecule has 0 aromatic heterocycles. The molecule has 0 saturated carbocycles. The number of aliphatic hydroxyl groups is 1. The zero-order valence-corrected chi connectivity index (χ0v) is 7.81. The molecule has 0 aliphatic carbocycles. The van der Waals surface area contributed by atoms with E-state index in [-0.39, 0.29) is 4.90 Å². The molecule has 5 heteroatoms. The highest BCUT2D eigenvalue weighted by Crippen LogP contribution is 2.21. The molecule has 0 bridgehead atoms. The quantitative estimate of drug-likeness (QED) is 0.591. The second-order valence-corrected chi connectivity index (χ2v) is 5.91. The zero-order chi connectivity index (χ0) is 9.03. The van der Waals surface area contributed by atoms with Gasteiger partial charge in [-0.05, 0) is 12.1 Å². The van der Waals surface area contributed by atoms with Crippen LogP contribution in [0.5, 0.6) is 0 Å². The van der Waals surface area contributed by atoms with Gasteiger partial charge in [-0.15, -0.1) is 0 Å². The fourth-order valence-electron chi connectivity index (χ4n) is 0.725. The first kappa shape index (κ1) is 9.57. The van der Waals surface area contributed by atoms with Crippen LogP contribution in [0.25, 0.3) is 0 Å². The Kier molecular flexibility index (Phi) is 3.13. The molecule has 0 radical (unpaired) electrons. The molecule has 0 fully saturated rings. The van der Waals surface area contributed by atoms with Crippen LogP contribution in [0.4, 0.5) is 0 Å². The van der Waals surface area contributed by atoms with Gasteiger partial charge in [-0.2, -0.15) is 0 Å². The molecule has 1 rings (SSSR count). The lowest BCUT2D eigenvalue weighted by molar-refractivity contribution is 0.376. The van der Waals surface area contributed by atoms with Crippen LogP contribution in [0.15, 0.2) is 35.2 Å². The summed E-state index contributed by atoms with van der Waals surface area (Å²) in [4.78, 5) is 0.226. The van der Waals surface area contributed by atoms with Gasteiger partial charge in [-0.25, -0.2) is 8.42 Å². The molecule has 0 aliphatic heterocycles. The topological polar surface area (TPSA) is 54.4 Å². The molecular weight excluding hydrogens is 196 g/mol. The van der Waals surface area contributed by atoms with Crippen molar-refractivity contribution >= 4 is 19.7 Å². The van der Waals surface area contributed by atoms with Gasteiger partial charge in [0.05, 0.1) is 4.90 Å². The van der Waals surface area contributed by atoms with Crippen molar-refractivity contribution in [3.63, 3.8) is 0 Å². The van der Waals surface area contributed by atoms with Gasteiger partial charge in [0.2, 0.25) is 8.87 Å². The molecule has 1 aromatic carbocycles. The van der Waals surface area contributed by atoms with E-state index in [1.165, 1.54) is 12.1 Å². The molecular formula is C7H8O3S2. The monoisotopic (exact) mass is 204 g/mol. The van der Waals surface area contributed by atoms with E-state index in [0.29, 0.717) is 10.8 Å². The zero-order valence-electron chi connectivity index (χ0n) is 6.17. The van der Waals surface area contributed by atoms with Crippen LogP contribution < -0.4 is 0 Å². The largest absolute Gasteiger partial charge is 0.385 e. The highest BCUT2D eigenvalue weighted by Gasteiger charge is 2.12. The van der Waals surface area contributed by atoms with Crippen LogP contribution >= 0.6 is 10.8 Å². The Morgan fingerprint density at radius 1 is 1.25 bits per heavy atom. The molecule has 3 nitrogen and oxygen atoms in total. The molecule has 1 aromatic rings. The molecule has 0 atom stereocenters. The third-order valence-electron chi connectivity index (χ3n) is 1.24. The number of benzene rings is 1. The summed E-state index contributed by atoms with van der Waals surface area (Å²) in [5.41, 5.74) is 0. The second-order valence-electron chi connectivity index (χ2n) is 2.01. The second kappa shape index (κ2) is 3.93. The maximum atomic E-state index is 11.2. The van der Waals surface area contributed by atoms with Gasteiger partial charge in [0.25, 0.3) is 0 Å². The minimum Gasteiger partial charge on any atom is -0.385 e. The maximum absolute atomic E-state index is 11.2. The number of hydrogen-bond acceptors (Lipinski definition) is 4. The van der Waals surface area contributed by atoms with Crippen molar-refractivity contribution < 1.29 is 13.5 Å². The van der Waals surface area contributed by atoms with E-state index in [1.54, 1.807) is 18.2 Å². The van der Waals surface area contributed by atoms with Gasteiger partial charge < -0.3 is 5.11 Å². The summed E-state index contributed by atoms with van der Waals surface area (Å²) in [6, 6.07) is 8.02. The molecule has 0 unspecified atom stereocenters. The van der Waals surface area contributed by atoms with Gasteiger partial charge in [0.1, 0.15) is 5.94 Å². The van der Waals surface area contributed by atoms with E-state index in [9.17, 15) is 8.42 Å². The van der Waals surface area contributed by atoms with Crippen molar-refractivity contribution in [1.29, 1.82) is 0 Å². The highest BCUT2D eigenvalue weighted by atomic mass is 33.1. The van der Waals surface area contributed by atoms with Crippen LogP contribution in [-0.2, 0) is 8.87 Å². The summed E-state index contributed by atoms with van der Waals surface area (Å²) in [5.74, 6) is -0.419. The third-order valence-corrected chi connectivity index (χ3v) is 4.33. The van der Waals surface area contributed by atoms with E-state index >= 15 is 0 Å². The molecule has 0 saturated heterocycles. The molecule has 1 N–H and O–H groups in total. The number of aliphatic hydroxyl groups excluding tert-OH is 1. The van der Waals surface area contributed by atoms with Crippen molar-refractivity contribution in [2.45, 2.75) is 4.90 Å². The van der Waals surface area contributed by atoms with Gasteiger partial charge in [-0.3, -0.25) is 0 Å². The van der Waals surface area contributed by atoms with Crippen LogP contribution in [0.3, 0.4) is 0 Å². The standard InChI is InChI=1S/C7H8O3S2/c8-6-11-12(9,10)7-4-2-1-3-5-7/h1-5,8H,6H2. The van der Waals surface area contributed by atoms with Gasteiger partial charge in [-0.1, -0.05) is 18.2 Å². The molecule has 0 heterocycles. The van der Waals surface area contributed by atoms with Gasteiger partial charge in [0.15, 0.2) is 0 Å². The van der Waals surface area contributed by atoms with Gasteiger partial charge in [0, 0.05) is 10.8 Å². The Morgan fingerprint density at radius 3 is 2.33 bits per heavy atom. The molecule has 12 heavy (non-hydrogen) atoms. The fourth-order valence-corrected chi connectivity index (χ4v) is 2.65. The Balaban J connectivity index is 2.99. The van der Waals surface area contributed by atoms with Crippen molar-refractivity contribution in [3.05, 3.63) is 30.3 Å². The fraction of sp³-hybridized carbons (Fsp3) is 0.143. The van der Waals surface area contributed by atoms with Crippen LogP contribution in [0, 0.1) is 0 Å². The average Bonchev–Trinajstić information content (AvgIpc) is 2.06. The maximum Gasteiger partial charge on any atom is 0.232 e. The average molecular weight is 204 g/mol. The summed E-state index contributed by atoms with van der Waals surface area (Å²) < 4.78 is 22.5. The Bertz CT molecular complexity index is 331. The SMILES string of the molecule is O=S(=O)(SCO)c1ccccc1. The number of rotatable bonds is 3. The number of hydrogen-bond donors (Lipinski definition) is 1. The summed E-state index contributed by atoms with van der Waals surface area (Å²) in [6.07, 6.45) is 0. The van der Waals surface area contributed by atoms with Gasteiger partial charge >= 0.3 is 0 Å². The van der Waals surface area contributed by atoms with Crippen molar-refractivity contribution in [1.82, 2.24) is 0 Å². The summed E-state index contributed by atoms with van der Waals surface area (Å²) in [7, 11) is -2.83. The smallest absolute Gasteiger partial charge is 0.232 e. The Hall–Kier alpha value is -0.520. The predicted molar refractivity (Wildman–Crippen MR) is 48.3 cm³/mol. The first-order valence-corrected chi connectivity index (χ1v) is 6.21. The lowest BCUT2D eigenvalue weighted by Gasteiger charge is -1.99. The Labute approximate surface area is 74.7 Å². The van der Waals surface area contributed by atoms with Crippen molar-refractivity contribution in [2.75, 3.05) is 5.94 Å². The highest BCUT2D eigenvalue weighted by molar-refractivity contribution is 8.72. The first-order valence-electron chi connectivity index (χ1n) is 3.22. The predicted octanol–water partition coefficient (Wildman–Crippen LogP) is 1.06. The summed E-state index contributed by atoms with van der Waals surface area (Å²) >= 11 is 0. The van der Waals surface area contributed by atoms with E-state index < -0.39 is 14.8 Å². The molecule has 0 amide bonds. The van der Waals surface area contributed by atoms with Crippen LogP contribution in [0.2, 0.25) is 0 Å². The summed E-state index contributed by atoms with van der Waals surface area (Å²) in [6.45, 7) is 0. The van der Waals surface area contributed by atoms with E-state index in [4.69, 9.17) is 5.11 Å². The van der Waals surface area contributed by atoms with Crippen molar-refractivity contribution in [2.24, 2.45) is 0 Å². The normalized spacial score (nSPS) is 11.4. The van der Waals surface area contributed by atoms with Crippen LogP contribution in [-0.4, -0.2) is 19.5 Å². The minimum atomic E-state index is -3.34. The molecule has 66 valence electrons. The van der Waals surface area contributed by atoms with E-state index in [0.717, 1.165) is 0 Å². The Morgan fingerprint density at radius 2 is 1.83 bits per heavy atom. The van der Waals surface area contributed by atoms with Crippen LogP contribution in [0.1, 0.15) is 0 Å². The molecule has 0 spiro atoms. The van der Waals surface area contributed by atoms with E-state index in [2.05, 4.69) is 0 Å². The van der Waals surface area contributed by atoms with E-state index in [1.807, 2.05) is 0 Å². The van der Waals surface area contributed by atoms with Crippen molar-refractivity contribution in [3.8, 4) is 0 Å². The minimum absolute atomic E-state index is 0.226. The summed E-state index contributed by atoms with van der Waals surface area (Å²) in [5, 5.41) is 8.45. The lowest BCUT2D eigenvalue weighted by atomic mass is 10.4. The third kappa shape index (κ3) is 2.23. The lowest BCUT2D eigenvalue weighted by Crippen LogP contribution is -1.95. The molecule has 0 aliphatic rings.